The summed E-state index contributed by atoms with van der Waals surface area (Å²) < 4.78 is 54.6. The fourth-order valence-electron chi connectivity index (χ4n) is 14.9. The molecule has 0 spiro atoms. The number of aryl methyl sites for hydroxylation is 2. The van der Waals surface area contributed by atoms with Gasteiger partial charge in [-0.2, -0.15) is 0 Å². The van der Waals surface area contributed by atoms with Gasteiger partial charge in [0.15, 0.2) is 46.0 Å². The molecule has 4 aromatic heterocycles. The van der Waals surface area contributed by atoms with Crippen molar-refractivity contribution in [3.63, 3.8) is 0 Å². The van der Waals surface area contributed by atoms with E-state index in [9.17, 15) is 14.4 Å². The summed E-state index contributed by atoms with van der Waals surface area (Å²) in [6.45, 7) is 38.4. The number of fused-ring (bicyclic) bond motifs is 4. The summed E-state index contributed by atoms with van der Waals surface area (Å²) in [5, 5.41) is 17.8. The van der Waals surface area contributed by atoms with Crippen molar-refractivity contribution in [2.75, 3.05) is 74.1 Å². The van der Waals surface area contributed by atoms with Gasteiger partial charge in [0.2, 0.25) is 27.2 Å². The van der Waals surface area contributed by atoms with E-state index in [0.29, 0.717) is 62.3 Å². The van der Waals surface area contributed by atoms with Crippen molar-refractivity contribution < 1.29 is 61.8 Å². The number of nitrogens with zero attached hydrogens (tertiary/aromatic N) is 10. The molecule has 12 aromatic rings. The van der Waals surface area contributed by atoms with Crippen molar-refractivity contribution in [2.45, 2.75) is 167 Å². The van der Waals surface area contributed by atoms with Crippen LogP contribution in [-0.4, -0.2) is 147 Å². The quantitative estimate of drug-likeness (QED) is 0.0363. The zero-order valence-corrected chi connectivity index (χ0v) is 80.3. The Balaban J connectivity index is 0.000000149. The largest absolute Gasteiger partial charge is 0.497 e. The van der Waals surface area contributed by atoms with E-state index >= 15 is 0 Å². The molecule has 8 aromatic carbocycles. The first-order valence-electron chi connectivity index (χ1n) is 44.5. The number of carbonyl (C=O) groups excluding carboxylic acids is 3. The average molecular weight is 1850 g/mol. The molecule has 8 heterocycles. The Morgan fingerprint density at radius 3 is 0.969 bits per heavy atom. The first-order valence-corrected chi connectivity index (χ1v) is 48.0. The predicted molar refractivity (Wildman–Crippen MR) is 517 cm³/mol. The highest BCUT2D eigenvalue weighted by atomic mass is 32.1. The van der Waals surface area contributed by atoms with Gasteiger partial charge >= 0.3 is 0 Å². The van der Waals surface area contributed by atoms with Crippen LogP contribution in [0.15, 0.2) is 198 Å². The van der Waals surface area contributed by atoms with Crippen molar-refractivity contribution in [3.05, 3.63) is 296 Å². The second-order valence-corrected chi connectivity index (χ2v) is 36.9. The van der Waals surface area contributed by atoms with Crippen molar-refractivity contribution in [1.82, 2.24) is 60.0 Å². The summed E-state index contributed by atoms with van der Waals surface area (Å²) in [6.07, 6.45) is 1.88. The van der Waals surface area contributed by atoms with Gasteiger partial charge in [0, 0.05) is 113 Å². The monoisotopic (exact) mass is 1850 g/mol. The first-order chi connectivity index (χ1) is 63.6. The molecule has 0 atom stereocenters. The molecule has 3 amide bonds. The van der Waals surface area contributed by atoms with Gasteiger partial charge in [-0.25, -0.2) is 19.9 Å². The van der Waals surface area contributed by atoms with Gasteiger partial charge in [0.25, 0.3) is 17.7 Å². The number of rotatable bonds is 40. The van der Waals surface area contributed by atoms with Crippen LogP contribution in [0, 0.1) is 19.8 Å². The Bertz CT molecular complexity index is 5680. The number of thiazole rings is 4. The third kappa shape index (κ3) is 28.8. The Hall–Kier alpha value is -11.9. The average Bonchev–Trinajstić information content (AvgIpc) is 1.74. The first kappa shape index (κ1) is 96.6. The Morgan fingerprint density at radius 1 is 0.374 bits per heavy atom. The standard InChI is InChI=1S/C27H33N3O4S.C26H31N3O3S.C25H29N3O3S.C24H27N3O3S/c1-4-12-30(13-5-2)27(31)23-18-35-26(28-23)17-29(15-20-6-9-22(32-3)10-7-20)16-21-8-11-24-25(14-21)34-19-33-24;1-18(2)12-27-19(3)23-16-33-26(28-23)15-29(13-20-5-8-22(30-4)9-6-20)14-21-7-10-24-25(11-21)32-17-31-24;1-4-28(5-2)25(29)21-16-32-24(26-21)15-27(13-19-8-6-18(3)7-9-19)14-20-10-11-22-23(12-20)31-17-30-22;1-16(2)25-24(28)20-14-31-23(26-20)13-27(11-18-6-4-17(3)5-7-18)12-19-8-9-21-22(10-19)30-15-29-21/h6-11,14,18H,4-5,12-13,15-17,19H2,1-3H3;5-11,16,18,27H,3,12-15,17H2,1-2,4H3;6-12,16H,4-5,13-15,17H2,1-3H3;4-10,14,16H,11-13,15H2,1-3H3,(H,25,28). The van der Waals surface area contributed by atoms with Crippen LogP contribution in [0.1, 0.15) is 181 Å². The van der Waals surface area contributed by atoms with E-state index in [4.69, 9.17) is 57.3 Å². The molecule has 0 unspecified atom stereocenters. The number of carbonyl (C=O) groups is 3. The summed E-state index contributed by atoms with van der Waals surface area (Å²) in [4.78, 5) is 69.8. The van der Waals surface area contributed by atoms with Crippen molar-refractivity contribution in [3.8, 4) is 57.5 Å². The maximum atomic E-state index is 13.0. The number of hydrogen-bond acceptors (Lipinski definition) is 26. The SMILES string of the molecule is C=C(NCC(C)C)c1csc(CN(Cc2ccc(OC)cc2)Cc2ccc3c(c2)OCO3)n1.CCCN(CCC)C(=O)c1csc(CN(Cc2ccc(OC)cc2)Cc2ccc3c(c2)OCO3)n1.CCN(CC)C(=O)c1csc(CN(Cc2ccc(C)cc2)Cc2ccc3c(c2)OCO3)n1.Cc1ccc(CN(Cc2ccc3c(c2)OCO3)Cc2nc(C(=O)NC(C)C)cs2)cc1. The fraction of sp³-hybridized carbons (Fsp3) is 0.363. The van der Waals surface area contributed by atoms with Crippen LogP contribution in [0.2, 0.25) is 0 Å². The Labute approximate surface area is 785 Å². The topological polar surface area (TPSA) is 239 Å². The lowest BCUT2D eigenvalue weighted by Crippen LogP contribution is -2.32. The number of nitrogens with one attached hydrogen (secondary N) is 2. The smallest absolute Gasteiger partial charge is 0.273 e. The van der Waals surface area contributed by atoms with Crippen LogP contribution in [0.5, 0.6) is 57.5 Å². The fourth-order valence-corrected chi connectivity index (χ4v) is 18.2. The lowest BCUT2D eigenvalue weighted by atomic mass is 10.1. The molecule has 16 rings (SSSR count). The normalized spacial score (nSPS) is 12.4. The second kappa shape index (κ2) is 48.3. The van der Waals surface area contributed by atoms with E-state index in [2.05, 4.69) is 197 Å². The maximum Gasteiger partial charge on any atom is 0.273 e. The van der Waals surface area contributed by atoms with Gasteiger partial charge in [0.05, 0.1) is 51.8 Å². The molecule has 4 aliphatic rings. The van der Waals surface area contributed by atoms with Crippen LogP contribution >= 0.6 is 45.3 Å². The molecule has 0 fully saturated rings. The zero-order chi connectivity index (χ0) is 92.1. The zero-order valence-electron chi connectivity index (χ0n) is 77.0. The number of ether oxygens (including phenoxy) is 10. The molecular weight excluding hydrogens is 1730 g/mol. The van der Waals surface area contributed by atoms with Crippen LogP contribution in [0.3, 0.4) is 0 Å². The number of methoxy groups -OCH3 is 2. The summed E-state index contributed by atoms with van der Waals surface area (Å²) in [5.41, 5.74) is 15.3. The molecule has 0 saturated heterocycles. The van der Waals surface area contributed by atoms with Crippen LogP contribution in [0.4, 0.5) is 0 Å². The summed E-state index contributed by atoms with van der Waals surface area (Å²) in [7, 11) is 3.36. The number of hydrogen-bond donors (Lipinski definition) is 2. The van der Waals surface area contributed by atoms with E-state index in [0.717, 1.165) is 190 Å². The van der Waals surface area contributed by atoms with Crippen LogP contribution < -0.4 is 58.0 Å². The predicted octanol–water partition coefficient (Wildman–Crippen LogP) is 20.0. The van der Waals surface area contributed by atoms with Crippen LogP contribution in [-0.2, 0) is 78.5 Å². The minimum atomic E-state index is -0.127. The van der Waals surface area contributed by atoms with Gasteiger partial charge in [0.1, 0.15) is 48.6 Å². The summed E-state index contributed by atoms with van der Waals surface area (Å²) in [6, 6.07) is 57.9. The lowest BCUT2D eigenvalue weighted by Gasteiger charge is -2.22. The number of benzene rings is 8. The highest BCUT2D eigenvalue weighted by Crippen LogP contribution is 2.38. The molecule has 25 nitrogen and oxygen atoms in total. The summed E-state index contributed by atoms with van der Waals surface area (Å²) in [5.74, 6) is 8.47. The van der Waals surface area contributed by atoms with Gasteiger partial charge in [-0.1, -0.05) is 142 Å². The van der Waals surface area contributed by atoms with Crippen molar-refractivity contribution >= 4 is 68.8 Å². The second-order valence-electron chi connectivity index (χ2n) is 33.2. The molecule has 2 N–H and O–H groups in total. The molecule has 0 saturated carbocycles. The lowest BCUT2D eigenvalue weighted by molar-refractivity contribution is 0.0747. The van der Waals surface area contributed by atoms with Gasteiger partial charge in [-0.05, 0) is 178 Å². The van der Waals surface area contributed by atoms with Gasteiger partial charge in [-0.3, -0.25) is 34.0 Å². The maximum absolute atomic E-state index is 13.0. The Morgan fingerprint density at radius 2 is 0.656 bits per heavy atom. The minimum absolute atomic E-state index is 0.00152. The third-order valence-electron chi connectivity index (χ3n) is 21.6. The summed E-state index contributed by atoms with van der Waals surface area (Å²) >= 11 is 6.27. The third-order valence-corrected chi connectivity index (χ3v) is 25.0. The molecule has 131 heavy (non-hydrogen) atoms. The molecule has 29 heteroatoms. The molecule has 4 aliphatic heterocycles. The molecule has 0 aliphatic carbocycles. The highest BCUT2D eigenvalue weighted by molar-refractivity contribution is 7.10. The van der Waals surface area contributed by atoms with E-state index in [1.807, 2.05) is 115 Å². The highest BCUT2D eigenvalue weighted by Gasteiger charge is 2.26. The van der Waals surface area contributed by atoms with Gasteiger partial charge in [-0.15, -0.1) is 45.3 Å². The molecule has 0 bridgehead atoms. The molecule has 690 valence electrons. The van der Waals surface area contributed by atoms with E-state index < -0.39 is 0 Å². The number of aromatic nitrogens is 4. The molecule has 0 radical (unpaired) electrons. The molecular formula is C102H120N12O13S4. The van der Waals surface area contributed by atoms with E-state index in [1.165, 1.54) is 50.3 Å². The van der Waals surface area contributed by atoms with Crippen LogP contribution in [0.25, 0.3) is 5.70 Å². The van der Waals surface area contributed by atoms with E-state index in [-0.39, 0.29) is 50.9 Å². The van der Waals surface area contributed by atoms with Crippen molar-refractivity contribution in [2.24, 2.45) is 5.92 Å². The van der Waals surface area contributed by atoms with Gasteiger partial charge < -0.3 is 67.8 Å². The Kier molecular flexibility index (Phi) is 35.6. The minimum Gasteiger partial charge on any atom is -0.497 e. The van der Waals surface area contributed by atoms with E-state index in [1.54, 1.807) is 53.1 Å². The van der Waals surface area contributed by atoms with Crippen molar-refractivity contribution in [1.29, 1.82) is 0 Å². The number of amides is 3.